The third-order valence-electron chi connectivity index (χ3n) is 2.90. The molecule has 1 fully saturated rings. The number of nitrogens with zero attached hydrogens (tertiary/aromatic N) is 1. The van der Waals surface area contributed by atoms with Crippen molar-refractivity contribution in [1.29, 1.82) is 0 Å². The van der Waals surface area contributed by atoms with Crippen LogP contribution in [0.3, 0.4) is 0 Å². The number of aliphatic hydroxyl groups is 1. The average molecular weight is 171 g/mol. The van der Waals surface area contributed by atoms with Crippen LogP contribution in [-0.4, -0.2) is 35.2 Å². The van der Waals surface area contributed by atoms with Gasteiger partial charge < -0.3 is 5.11 Å². The van der Waals surface area contributed by atoms with Gasteiger partial charge in [-0.1, -0.05) is 6.92 Å². The van der Waals surface area contributed by atoms with Gasteiger partial charge in [0.2, 0.25) is 0 Å². The summed E-state index contributed by atoms with van der Waals surface area (Å²) >= 11 is 0. The Morgan fingerprint density at radius 3 is 2.67 bits per heavy atom. The molecule has 12 heavy (non-hydrogen) atoms. The fraction of sp³-hybridized carbons (Fsp3) is 1.00. The van der Waals surface area contributed by atoms with E-state index in [4.69, 9.17) is 0 Å². The largest absolute Gasteiger partial charge is 0.395 e. The average Bonchev–Trinajstić information content (AvgIpc) is 2.03. The lowest BCUT2D eigenvalue weighted by molar-refractivity contribution is 0.0462. The van der Waals surface area contributed by atoms with Gasteiger partial charge in [-0.3, -0.25) is 4.90 Å². The minimum atomic E-state index is 0.322. The van der Waals surface area contributed by atoms with Crippen LogP contribution in [0, 0.1) is 5.92 Å². The van der Waals surface area contributed by atoms with E-state index in [1.165, 1.54) is 6.42 Å². The second kappa shape index (κ2) is 4.24. The van der Waals surface area contributed by atoms with Crippen LogP contribution in [-0.2, 0) is 0 Å². The van der Waals surface area contributed by atoms with Crippen molar-refractivity contribution in [2.45, 2.75) is 45.7 Å². The normalized spacial score (nSPS) is 32.8. The number of piperidine rings is 1. The summed E-state index contributed by atoms with van der Waals surface area (Å²) in [5, 5.41) is 9.19. The molecule has 0 bridgehead atoms. The van der Waals surface area contributed by atoms with Gasteiger partial charge in [-0.15, -0.1) is 0 Å². The van der Waals surface area contributed by atoms with Crippen LogP contribution in [0.2, 0.25) is 0 Å². The van der Waals surface area contributed by atoms with Gasteiger partial charge >= 0.3 is 0 Å². The summed E-state index contributed by atoms with van der Waals surface area (Å²) in [6, 6.07) is 0.989. The van der Waals surface area contributed by atoms with Crippen molar-refractivity contribution in [2.75, 3.05) is 13.2 Å². The zero-order valence-corrected chi connectivity index (χ0v) is 8.45. The van der Waals surface area contributed by atoms with Crippen molar-refractivity contribution in [3.8, 4) is 0 Å². The molecule has 2 heteroatoms. The minimum Gasteiger partial charge on any atom is -0.395 e. The molecular weight excluding hydrogens is 150 g/mol. The van der Waals surface area contributed by atoms with E-state index in [1.807, 2.05) is 0 Å². The number of hydrogen-bond donors (Lipinski definition) is 1. The summed E-state index contributed by atoms with van der Waals surface area (Å²) in [4.78, 5) is 2.42. The Bertz CT molecular complexity index is 136. The molecule has 2 atom stereocenters. The van der Waals surface area contributed by atoms with E-state index in [9.17, 15) is 5.11 Å². The Labute approximate surface area is 75.6 Å². The summed E-state index contributed by atoms with van der Waals surface area (Å²) in [5.41, 5.74) is 0. The predicted octanol–water partition coefficient (Wildman–Crippen LogP) is 1.49. The van der Waals surface area contributed by atoms with Crippen molar-refractivity contribution >= 4 is 0 Å². The van der Waals surface area contributed by atoms with Crippen LogP contribution in [0.15, 0.2) is 0 Å². The van der Waals surface area contributed by atoms with Gasteiger partial charge in [0.15, 0.2) is 0 Å². The molecular formula is C10H21NO. The highest BCUT2D eigenvalue weighted by molar-refractivity contribution is 4.81. The highest BCUT2D eigenvalue weighted by atomic mass is 16.3. The Kier molecular flexibility index (Phi) is 3.53. The van der Waals surface area contributed by atoms with Crippen molar-refractivity contribution in [2.24, 2.45) is 5.92 Å². The Morgan fingerprint density at radius 2 is 2.17 bits per heavy atom. The minimum absolute atomic E-state index is 0.322. The second-order valence-corrected chi connectivity index (χ2v) is 4.30. The fourth-order valence-electron chi connectivity index (χ4n) is 2.13. The lowest BCUT2D eigenvalue weighted by Crippen LogP contribution is -2.47. The van der Waals surface area contributed by atoms with Crippen LogP contribution < -0.4 is 0 Å². The van der Waals surface area contributed by atoms with E-state index in [-0.39, 0.29) is 0 Å². The maximum absolute atomic E-state index is 9.19. The maximum atomic E-state index is 9.19. The molecule has 0 saturated carbocycles. The Balaban J connectivity index is 2.50. The lowest BCUT2D eigenvalue weighted by Gasteiger charge is -2.40. The van der Waals surface area contributed by atoms with Crippen molar-refractivity contribution in [3.63, 3.8) is 0 Å². The van der Waals surface area contributed by atoms with Crippen molar-refractivity contribution in [3.05, 3.63) is 0 Å². The molecule has 2 nitrogen and oxygen atoms in total. The second-order valence-electron chi connectivity index (χ2n) is 4.30. The maximum Gasteiger partial charge on any atom is 0.0587 e. The molecule has 0 aromatic rings. The monoisotopic (exact) mass is 171 g/mol. The molecule has 1 saturated heterocycles. The molecule has 1 N–H and O–H groups in total. The first-order valence-electron chi connectivity index (χ1n) is 5.01. The first-order valence-corrected chi connectivity index (χ1v) is 5.01. The van der Waals surface area contributed by atoms with Crippen molar-refractivity contribution < 1.29 is 5.11 Å². The predicted molar refractivity (Wildman–Crippen MR) is 51.1 cm³/mol. The van der Waals surface area contributed by atoms with Gasteiger partial charge in [-0.25, -0.2) is 0 Å². The number of hydrogen-bond acceptors (Lipinski definition) is 2. The first-order chi connectivity index (χ1) is 5.65. The Hall–Kier alpha value is -0.0800. The van der Waals surface area contributed by atoms with E-state index >= 15 is 0 Å². The summed E-state index contributed by atoms with van der Waals surface area (Å²) in [7, 11) is 0. The van der Waals surface area contributed by atoms with Crippen LogP contribution in [0.1, 0.15) is 33.6 Å². The summed E-state index contributed by atoms with van der Waals surface area (Å²) < 4.78 is 0. The smallest absolute Gasteiger partial charge is 0.0587 e. The summed E-state index contributed by atoms with van der Waals surface area (Å²) in [6.07, 6.45) is 2.45. The molecule has 0 spiro atoms. The molecule has 1 aliphatic heterocycles. The van der Waals surface area contributed by atoms with E-state index in [2.05, 4.69) is 25.7 Å². The molecule has 0 radical (unpaired) electrons. The third kappa shape index (κ3) is 2.20. The van der Waals surface area contributed by atoms with Gasteiger partial charge in [-0.05, 0) is 39.2 Å². The number of aliphatic hydroxyl groups excluding tert-OH is 1. The quantitative estimate of drug-likeness (QED) is 0.680. The molecule has 0 aromatic heterocycles. The summed E-state index contributed by atoms with van der Waals surface area (Å²) in [6.45, 7) is 8.17. The van der Waals surface area contributed by atoms with E-state index < -0.39 is 0 Å². The summed E-state index contributed by atoms with van der Waals surface area (Å²) in [5.74, 6) is 0.789. The van der Waals surface area contributed by atoms with E-state index in [0.717, 1.165) is 18.9 Å². The topological polar surface area (TPSA) is 23.5 Å². The number of likely N-dealkylation sites (tertiary alicyclic amines) is 1. The molecule has 72 valence electrons. The van der Waals surface area contributed by atoms with Gasteiger partial charge in [-0.2, -0.15) is 0 Å². The lowest BCUT2D eigenvalue weighted by atomic mass is 9.92. The van der Waals surface area contributed by atoms with E-state index in [1.54, 1.807) is 0 Å². The highest BCUT2D eigenvalue weighted by Crippen LogP contribution is 2.23. The van der Waals surface area contributed by atoms with Gasteiger partial charge in [0.25, 0.3) is 0 Å². The zero-order valence-electron chi connectivity index (χ0n) is 8.45. The molecule has 0 aliphatic carbocycles. The standard InChI is InChI=1S/C10H21NO/c1-8(2)11-5-4-9(3)6-10(11)7-12/h8-10,12H,4-7H2,1-3H3. The van der Waals surface area contributed by atoms with Crippen LogP contribution in [0.25, 0.3) is 0 Å². The molecule has 1 heterocycles. The van der Waals surface area contributed by atoms with Gasteiger partial charge in [0, 0.05) is 12.1 Å². The van der Waals surface area contributed by atoms with Crippen LogP contribution in [0.5, 0.6) is 0 Å². The number of rotatable bonds is 2. The Morgan fingerprint density at radius 1 is 1.50 bits per heavy atom. The molecule has 1 aliphatic rings. The fourth-order valence-corrected chi connectivity index (χ4v) is 2.13. The molecule has 2 unspecified atom stereocenters. The van der Waals surface area contributed by atoms with E-state index in [0.29, 0.717) is 18.7 Å². The first kappa shape index (κ1) is 10.0. The van der Waals surface area contributed by atoms with Crippen molar-refractivity contribution in [1.82, 2.24) is 4.90 Å². The van der Waals surface area contributed by atoms with Crippen LogP contribution in [0.4, 0.5) is 0 Å². The molecule has 0 aromatic carbocycles. The zero-order chi connectivity index (χ0) is 9.14. The van der Waals surface area contributed by atoms with Gasteiger partial charge in [0.1, 0.15) is 0 Å². The highest BCUT2D eigenvalue weighted by Gasteiger charge is 2.26. The molecule has 0 amide bonds. The molecule has 1 rings (SSSR count). The SMILES string of the molecule is CC1CCN(C(C)C)C(CO)C1. The van der Waals surface area contributed by atoms with Crippen LogP contribution >= 0.6 is 0 Å². The third-order valence-corrected chi connectivity index (χ3v) is 2.90. The van der Waals surface area contributed by atoms with Gasteiger partial charge in [0.05, 0.1) is 6.61 Å².